The third-order valence-corrected chi connectivity index (χ3v) is 5.87. The lowest BCUT2D eigenvalue weighted by molar-refractivity contribution is -0.127. The van der Waals surface area contributed by atoms with Crippen LogP contribution in [0, 0.1) is 5.92 Å². The highest BCUT2D eigenvalue weighted by Gasteiger charge is 2.29. The zero-order chi connectivity index (χ0) is 19.9. The molecule has 0 aromatic heterocycles. The predicted molar refractivity (Wildman–Crippen MR) is 115 cm³/mol. The molecule has 0 saturated carbocycles. The number of rotatable bonds is 6. The van der Waals surface area contributed by atoms with Crippen LogP contribution >= 0.6 is 15.9 Å². The first-order valence-corrected chi connectivity index (χ1v) is 10.8. The summed E-state index contributed by atoms with van der Waals surface area (Å²) in [4.78, 5) is 27.3. The maximum atomic E-state index is 12.8. The summed E-state index contributed by atoms with van der Waals surface area (Å²) in [6.45, 7) is 3.38. The van der Waals surface area contributed by atoms with Gasteiger partial charge in [-0.25, -0.2) is 0 Å². The number of benzene rings is 2. The average Bonchev–Trinajstić information content (AvgIpc) is 2.74. The van der Waals surface area contributed by atoms with Gasteiger partial charge in [-0.05, 0) is 49.1 Å². The molecule has 2 aromatic rings. The van der Waals surface area contributed by atoms with Crippen molar-refractivity contribution in [3.05, 3.63) is 70.2 Å². The summed E-state index contributed by atoms with van der Waals surface area (Å²) in [7, 11) is 0. The van der Waals surface area contributed by atoms with Crippen LogP contribution in [0.3, 0.4) is 0 Å². The number of nitrogens with one attached hydrogen (secondary N) is 1. The van der Waals surface area contributed by atoms with Crippen molar-refractivity contribution >= 4 is 27.7 Å². The third kappa shape index (κ3) is 5.22. The largest absolute Gasteiger partial charge is 0.349 e. The van der Waals surface area contributed by atoms with Gasteiger partial charge >= 0.3 is 0 Å². The highest BCUT2D eigenvalue weighted by molar-refractivity contribution is 9.10. The Kier molecular flexibility index (Phi) is 7.26. The Morgan fingerprint density at radius 1 is 1.07 bits per heavy atom. The molecule has 2 aromatic carbocycles. The molecule has 4 nitrogen and oxygen atoms in total. The number of carbonyl (C=O) groups is 2. The number of halogens is 1. The van der Waals surface area contributed by atoms with Crippen LogP contribution in [0.25, 0.3) is 0 Å². The number of carbonyl (C=O) groups excluding carboxylic acids is 2. The summed E-state index contributed by atoms with van der Waals surface area (Å²) >= 11 is 3.39. The summed E-state index contributed by atoms with van der Waals surface area (Å²) in [5.41, 5.74) is 1.85. The molecular weight excluding hydrogens is 416 g/mol. The maximum absolute atomic E-state index is 12.8. The number of hydrogen-bond donors (Lipinski definition) is 1. The van der Waals surface area contributed by atoms with E-state index in [0.29, 0.717) is 31.5 Å². The third-order valence-electron chi connectivity index (χ3n) is 5.34. The summed E-state index contributed by atoms with van der Waals surface area (Å²) in [5.74, 6) is 0.120. The Hall–Kier alpha value is -2.14. The fourth-order valence-corrected chi connectivity index (χ4v) is 3.97. The van der Waals surface area contributed by atoms with Crippen molar-refractivity contribution in [1.29, 1.82) is 0 Å². The molecule has 0 aliphatic carbocycles. The SMILES string of the molecule is CCCC(NC(=O)C1CCN(C(=O)c2ccc(Br)cc2)CC1)c1ccccc1. The van der Waals surface area contributed by atoms with Crippen molar-refractivity contribution in [3.8, 4) is 0 Å². The number of likely N-dealkylation sites (tertiary alicyclic amines) is 1. The van der Waals surface area contributed by atoms with Crippen molar-refractivity contribution in [2.75, 3.05) is 13.1 Å². The van der Waals surface area contributed by atoms with Crippen LogP contribution in [0.15, 0.2) is 59.1 Å². The van der Waals surface area contributed by atoms with Gasteiger partial charge in [-0.3, -0.25) is 9.59 Å². The van der Waals surface area contributed by atoms with Gasteiger partial charge in [-0.2, -0.15) is 0 Å². The zero-order valence-corrected chi connectivity index (χ0v) is 17.8. The second-order valence-corrected chi connectivity index (χ2v) is 8.25. The summed E-state index contributed by atoms with van der Waals surface area (Å²) in [6.07, 6.45) is 3.36. The molecule has 2 amide bonds. The fraction of sp³-hybridized carbons (Fsp3) is 0.391. The monoisotopic (exact) mass is 442 g/mol. The Morgan fingerprint density at radius 3 is 2.32 bits per heavy atom. The van der Waals surface area contributed by atoms with Gasteiger partial charge in [0.2, 0.25) is 5.91 Å². The van der Waals surface area contributed by atoms with Gasteiger partial charge in [0, 0.05) is 29.0 Å². The molecule has 0 spiro atoms. The van der Waals surface area contributed by atoms with Crippen molar-refractivity contribution in [2.45, 2.75) is 38.6 Å². The van der Waals surface area contributed by atoms with Gasteiger partial charge in [0.1, 0.15) is 0 Å². The number of hydrogen-bond acceptors (Lipinski definition) is 2. The van der Waals surface area contributed by atoms with E-state index in [1.54, 1.807) is 0 Å². The highest BCUT2D eigenvalue weighted by Crippen LogP contribution is 2.23. The lowest BCUT2D eigenvalue weighted by Crippen LogP contribution is -2.43. The first-order chi connectivity index (χ1) is 13.6. The topological polar surface area (TPSA) is 49.4 Å². The molecule has 1 saturated heterocycles. The van der Waals surface area contributed by atoms with E-state index in [4.69, 9.17) is 0 Å². The quantitative estimate of drug-likeness (QED) is 0.686. The molecule has 5 heteroatoms. The van der Waals surface area contributed by atoms with E-state index in [2.05, 4.69) is 40.3 Å². The fourth-order valence-electron chi connectivity index (χ4n) is 3.71. The van der Waals surface area contributed by atoms with Crippen molar-refractivity contribution in [2.24, 2.45) is 5.92 Å². The van der Waals surface area contributed by atoms with Crippen LogP contribution in [0.5, 0.6) is 0 Å². The average molecular weight is 443 g/mol. The molecule has 1 heterocycles. The normalized spacial score (nSPS) is 15.9. The minimum atomic E-state index is -0.0305. The van der Waals surface area contributed by atoms with Gasteiger partial charge in [-0.1, -0.05) is 59.6 Å². The molecule has 28 heavy (non-hydrogen) atoms. The summed E-state index contributed by atoms with van der Waals surface area (Å²) in [6, 6.07) is 17.6. The van der Waals surface area contributed by atoms with Crippen molar-refractivity contribution in [1.82, 2.24) is 10.2 Å². The van der Waals surface area contributed by atoms with Gasteiger partial charge in [-0.15, -0.1) is 0 Å². The van der Waals surface area contributed by atoms with Gasteiger partial charge in [0.05, 0.1) is 6.04 Å². The molecule has 1 unspecified atom stereocenters. The molecule has 1 atom stereocenters. The molecule has 1 aliphatic rings. The minimum Gasteiger partial charge on any atom is -0.349 e. The van der Waals surface area contributed by atoms with Crippen LogP contribution in [0.2, 0.25) is 0 Å². The second-order valence-electron chi connectivity index (χ2n) is 7.33. The Labute approximate surface area is 175 Å². The van der Waals surface area contributed by atoms with E-state index in [-0.39, 0.29) is 23.8 Å². The van der Waals surface area contributed by atoms with E-state index in [1.807, 2.05) is 47.4 Å². The molecule has 1 aliphatic heterocycles. The highest BCUT2D eigenvalue weighted by atomic mass is 79.9. The first-order valence-electron chi connectivity index (χ1n) is 9.98. The Bertz CT molecular complexity index is 784. The minimum absolute atomic E-state index is 0.0305. The molecule has 148 valence electrons. The second kappa shape index (κ2) is 9.87. The van der Waals surface area contributed by atoms with E-state index >= 15 is 0 Å². The smallest absolute Gasteiger partial charge is 0.253 e. The lowest BCUT2D eigenvalue weighted by Gasteiger charge is -2.32. The zero-order valence-electron chi connectivity index (χ0n) is 16.2. The molecule has 3 rings (SSSR count). The standard InChI is InChI=1S/C23H27BrN2O2/c1-2-6-21(17-7-4-3-5-8-17)25-22(27)18-13-15-26(16-14-18)23(28)19-9-11-20(24)12-10-19/h3-5,7-12,18,21H,2,6,13-16H2,1H3,(H,25,27). The molecule has 1 fully saturated rings. The molecule has 1 N–H and O–H groups in total. The summed E-state index contributed by atoms with van der Waals surface area (Å²) in [5, 5.41) is 3.24. The molecule has 0 bridgehead atoms. The van der Waals surface area contributed by atoms with Gasteiger partial charge in [0.15, 0.2) is 0 Å². The van der Waals surface area contributed by atoms with Crippen LogP contribution in [-0.4, -0.2) is 29.8 Å². The molecule has 0 radical (unpaired) electrons. The van der Waals surface area contributed by atoms with E-state index in [1.165, 1.54) is 0 Å². The summed E-state index contributed by atoms with van der Waals surface area (Å²) < 4.78 is 0.958. The van der Waals surface area contributed by atoms with E-state index < -0.39 is 0 Å². The van der Waals surface area contributed by atoms with Crippen LogP contribution in [0.1, 0.15) is 54.6 Å². The van der Waals surface area contributed by atoms with Crippen LogP contribution in [-0.2, 0) is 4.79 Å². The van der Waals surface area contributed by atoms with E-state index in [9.17, 15) is 9.59 Å². The molecular formula is C23H27BrN2O2. The number of piperidine rings is 1. The van der Waals surface area contributed by atoms with E-state index in [0.717, 1.165) is 22.9 Å². The van der Waals surface area contributed by atoms with Crippen LogP contribution in [0.4, 0.5) is 0 Å². The van der Waals surface area contributed by atoms with Crippen molar-refractivity contribution in [3.63, 3.8) is 0 Å². The first kappa shape index (κ1) is 20.6. The number of amides is 2. The number of nitrogens with zero attached hydrogens (tertiary/aromatic N) is 1. The van der Waals surface area contributed by atoms with Gasteiger partial charge < -0.3 is 10.2 Å². The Morgan fingerprint density at radius 2 is 1.71 bits per heavy atom. The predicted octanol–water partition coefficient (Wildman–Crippen LogP) is 4.96. The van der Waals surface area contributed by atoms with Crippen LogP contribution < -0.4 is 5.32 Å². The maximum Gasteiger partial charge on any atom is 0.253 e. The lowest BCUT2D eigenvalue weighted by atomic mass is 9.94. The van der Waals surface area contributed by atoms with Gasteiger partial charge in [0.25, 0.3) is 5.91 Å². The Balaban J connectivity index is 1.55. The van der Waals surface area contributed by atoms with Crippen molar-refractivity contribution < 1.29 is 9.59 Å².